The summed E-state index contributed by atoms with van der Waals surface area (Å²) in [7, 11) is 0. The van der Waals surface area contributed by atoms with Gasteiger partial charge in [0, 0.05) is 30.1 Å². The van der Waals surface area contributed by atoms with Crippen LogP contribution < -0.4 is 16.2 Å². The molecule has 4 rings (SSSR count). The number of pyridine rings is 1. The van der Waals surface area contributed by atoms with E-state index in [2.05, 4.69) is 20.6 Å². The summed E-state index contributed by atoms with van der Waals surface area (Å²) in [5, 5.41) is 15.8. The molecule has 1 amide bonds. The second-order valence-electron chi connectivity index (χ2n) is 8.29. The number of benzene rings is 1. The van der Waals surface area contributed by atoms with E-state index in [-0.39, 0.29) is 18.1 Å². The van der Waals surface area contributed by atoms with Crippen molar-refractivity contribution in [1.82, 2.24) is 19.9 Å². The summed E-state index contributed by atoms with van der Waals surface area (Å²) < 4.78 is 1.51. The molecule has 8 heteroatoms. The maximum atomic E-state index is 12.7. The van der Waals surface area contributed by atoms with Crippen molar-refractivity contribution in [3.8, 4) is 5.69 Å². The van der Waals surface area contributed by atoms with Gasteiger partial charge in [-0.05, 0) is 56.0 Å². The van der Waals surface area contributed by atoms with Crippen LogP contribution >= 0.6 is 0 Å². The number of nitrogens with zero attached hydrogens (tertiary/aromatic N) is 3. The van der Waals surface area contributed by atoms with Crippen molar-refractivity contribution in [2.45, 2.75) is 39.0 Å². The van der Waals surface area contributed by atoms with E-state index < -0.39 is 0 Å². The van der Waals surface area contributed by atoms with Crippen LogP contribution in [0.5, 0.6) is 0 Å². The van der Waals surface area contributed by atoms with Gasteiger partial charge in [0.15, 0.2) is 5.65 Å². The van der Waals surface area contributed by atoms with Gasteiger partial charge in [-0.25, -0.2) is 4.98 Å². The van der Waals surface area contributed by atoms with E-state index in [1.54, 1.807) is 30.3 Å². The van der Waals surface area contributed by atoms with E-state index in [9.17, 15) is 9.59 Å². The lowest BCUT2D eigenvalue weighted by Gasteiger charge is -2.21. The molecule has 1 aliphatic carbocycles. The Morgan fingerprint density at radius 2 is 1.84 bits per heavy atom. The fraction of sp³-hybridized carbons (Fsp3) is 0.417. The lowest BCUT2D eigenvalue weighted by Crippen LogP contribution is -2.30. The van der Waals surface area contributed by atoms with Gasteiger partial charge in [0.05, 0.1) is 18.0 Å². The predicted octanol–water partition coefficient (Wildman–Crippen LogP) is 2.80. The lowest BCUT2D eigenvalue weighted by atomic mass is 9.89. The molecule has 1 aliphatic rings. The van der Waals surface area contributed by atoms with Crippen LogP contribution in [0.3, 0.4) is 0 Å². The molecule has 1 saturated carbocycles. The second-order valence-corrected chi connectivity index (χ2v) is 8.29. The minimum atomic E-state index is -0.224. The fourth-order valence-electron chi connectivity index (χ4n) is 4.25. The van der Waals surface area contributed by atoms with Crippen molar-refractivity contribution >= 4 is 22.9 Å². The average Bonchev–Trinajstić information content (AvgIpc) is 2.82. The van der Waals surface area contributed by atoms with Gasteiger partial charge in [0.2, 0.25) is 5.95 Å². The van der Waals surface area contributed by atoms with Crippen LogP contribution in [0.15, 0.2) is 41.2 Å². The molecule has 1 fully saturated rings. The third-order valence-electron chi connectivity index (χ3n) is 6.00. The first-order valence-electron chi connectivity index (χ1n) is 11.2. The van der Waals surface area contributed by atoms with Crippen LogP contribution in [0.4, 0.5) is 5.95 Å². The molecule has 2 aromatic heterocycles. The first-order valence-corrected chi connectivity index (χ1v) is 11.2. The summed E-state index contributed by atoms with van der Waals surface area (Å²) in [6.07, 6.45) is 6.15. The highest BCUT2D eigenvalue weighted by Gasteiger charge is 2.16. The van der Waals surface area contributed by atoms with Crippen LogP contribution in [-0.4, -0.2) is 45.2 Å². The molecule has 0 aliphatic heterocycles. The zero-order valence-electron chi connectivity index (χ0n) is 18.3. The molecule has 0 atom stereocenters. The molecule has 3 N–H and O–H groups in total. The molecule has 0 spiro atoms. The van der Waals surface area contributed by atoms with E-state index in [4.69, 9.17) is 5.11 Å². The van der Waals surface area contributed by atoms with Crippen molar-refractivity contribution in [2.75, 3.05) is 25.0 Å². The maximum absolute atomic E-state index is 12.7. The van der Waals surface area contributed by atoms with Gasteiger partial charge in [-0.2, -0.15) is 4.98 Å². The van der Waals surface area contributed by atoms with Gasteiger partial charge in [0.1, 0.15) is 0 Å². The smallest absolute Gasteiger partial charge is 0.256 e. The van der Waals surface area contributed by atoms with Gasteiger partial charge in [0.25, 0.3) is 11.5 Å². The van der Waals surface area contributed by atoms with Crippen molar-refractivity contribution < 1.29 is 9.90 Å². The van der Waals surface area contributed by atoms with Crippen LogP contribution in [-0.2, 0) is 0 Å². The van der Waals surface area contributed by atoms with Crippen molar-refractivity contribution in [3.05, 3.63) is 58.0 Å². The van der Waals surface area contributed by atoms with E-state index in [1.807, 2.05) is 6.92 Å². The zero-order chi connectivity index (χ0) is 22.5. The number of fused-ring (bicyclic) bond motifs is 1. The normalized spacial score (nSPS) is 14.4. The highest BCUT2D eigenvalue weighted by atomic mass is 16.3. The molecule has 0 saturated heterocycles. The number of nitrogens with one attached hydrogen (secondary N) is 2. The fourth-order valence-corrected chi connectivity index (χ4v) is 4.25. The van der Waals surface area contributed by atoms with Gasteiger partial charge in [-0.15, -0.1) is 0 Å². The average molecular weight is 436 g/mol. The standard InChI is InChI=1S/C24H29N5O3/c1-16-20-11-12-21(31)29(22(20)28-24(27-16)25-13-14-30)19-9-7-18(8-10-19)23(32)26-15-17-5-3-2-4-6-17/h7-12,17,30H,2-6,13-15H2,1H3,(H,26,32)(H,25,27,28). The van der Waals surface area contributed by atoms with E-state index in [1.165, 1.54) is 42.7 Å². The maximum Gasteiger partial charge on any atom is 0.256 e. The summed E-state index contributed by atoms with van der Waals surface area (Å²) >= 11 is 0. The molecule has 0 unspecified atom stereocenters. The van der Waals surface area contributed by atoms with E-state index in [0.717, 1.165) is 11.1 Å². The molecule has 1 aromatic carbocycles. The molecule has 3 aromatic rings. The number of hydrogen-bond acceptors (Lipinski definition) is 6. The summed E-state index contributed by atoms with van der Waals surface area (Å²) in [6.45, 7) is 2.82. The van der Waals surface area contributed by atoms with Gasteiger partial charge in [-0.3, -0.25) is 14.2 Å². The summed E-state index contributed by atoms with van der Waals surface area (Å²) in [6, 6.07) is 10.2. The molecule has 168 valence electrons. The lowest BCUT2D eigenvalue weighted by molar-refractivity contribution is 0.0943. The number of rotatable bonds is 7. The topological polar surface area (TPSA) is 109 Å². The number of aryl methyl sites for hydroxylation is 1. The number of anilines is 1. The van der Waals surface area contributed by atoms with E-state index in [0.29, 0.717) is 41.9 Å². The number of aliphatic hydroxyl groups excluding tert-OH is 1. The Morgan fingerprint density at radius 3 is 2.56 bits per heavy atom. The third-order valence-corrected chi connectivity index (χ3v) is 6.00. The number of aliphatic hydroxyl groups is 1. The van der Waals surface area contributed by atoms with Gasteiger partial charge < -0.3 is 15.7 Å². The first-order chi connectivity index (χ1) is 15.6. The Morgan fingerprint density at radius 1 is 1.09 bits per heavy atom. The molecule has 2 heterocycles. The number of carbonyl (C=O) groups excluding carboxylic acids is 1. The van der Waals surface area contributed by atoms with E-state index >= 15 is 0 Å². The largest absolute Gasteiger partial charge is 0.395 e. The van der Waals surface area contributed by atoms with Gasteiger partial charge in [-0.1, -0.05) is 19.3 Å². The monoisotopic (exact) mass is 435 g/mol. The number of aromatic nitrogens is 3. The molecular formula is C24H29N5O3. The highest BCUT2D eigenvalue weighted by molar-refractivity contribution is 5.94. The minimum Gasteiger partial charge on any atom is -0.395 e. The van der Waals surface area contributed by atoms with Crippen LogP contribution in [0, 0.1) is 12.8 Å². The Labute approximate surface area is 186 Å². The Balaban J connectivity index is 1.59. The molecule has 8 nitrogen and oxygen atoms in total. The second kappa shape index (κ2) is 9.91. The molecule has 32 heavy (non-hydrogen) atoms. The highest BCUT2D eigenvalue weighted by Crippen LogP contribution is 2.23. The molecular weight excluding hydrogens is 406 g/mol. The summed E-state index contributed by atoms with van der Waals surface area (Å²) in [5.74, 6) is 0.820. The van der Waals surface area contributed by atoms with Crippen LogP contribution in [0.25, 0.3) is 16.7 Å². The predicted molar refractivity (Wildman–Crippen MR) is 124 cm³/mol. The van der Waals surface area contributed by atoms with Crippen LogP contribution in [0.2, 0.25) is 0 Å². The summed E-state index contributed by atoms with van der Waals surface area (Å²) in [5.41, 5.74) is 2.16. The minimum absolute atomic E-state index is 0.0493. The molecule has 0 radical (unpaired) electrons. The third kappa shape index (κ3) is 4.80. The zero-order valence-corrected chi connectivity index (χ0v) is 18.3. The Kier molecular flexibility index (Phi) is 6.80. The quantitative estimate of drug-likeness (QED) is 0.527. The van der Waals surface area contributed by atoms with Crippen molar-refractivity contribution in [2.24, 2.45) is 5.92 Å². The molecule has 0 bridgehead atoms. The van der Waals surface area contributed by atoms with Crippen molar-refractivity contribution in [3.63, 3.8) is 0 Å². The summed E-state index contributed by atoms with van der Waals surface area (Å²) in [4.78, 5) is 34.2. The van der Waals surface area contributed by atoms with Crippen LogP contribution in [0.1, 0.15) is 48.2 Å². The number of hydrogen-bond donors (Lipinski definition) is 3. The van der Waals surface area contributed by atoms with Gasteiger partial charge >= 0.3 is 0 Å². The van der Waals surface area contributed by atoms with Crippen molar-refractivity contribution in [1.29, 1.82) is 0 Å². The Bertz CT molecular complexity index is 1150. The first kappa shape index (κ1) is 22.0. The number of amides is 1. The Hall–Kier alpha value is -3.26. The number of carbonyl (C=O) groups is 1. The SMILES string of the molecule is Cc1nc(NCCO)nc2c1ccc(=O)n2-c1ccc(C(=O)NCC2CCCCC2)cc1.